The van der Waals surface area contributed by atoms with Gasteiger partial charge >= 0.3 is 0 Å². The Morgan fingerprint density at radius 2 is 2.31 bits per heavy atom. The third-order valence-corrected chi connectivity index (χ3v) is 2.50. The summed E-state index contributed by atoms with van der Waals surface area (Å²) in [7, 11) is 0. The van der Waals surface area contributed by atoms with Gasteiger partial charge in [-0.15, -0.1) is 0 Å². The summed E-state index contributed by atoms with van der Waals surface area (Å²) in [5, 5.41) is 12.3. The Labute approximate surface area is 99.4 Å². The van der Waals surface area contributed by atoms with Crippen molar-refractivity contribution >= 4 is 17.5 Å². The first-order chi connectivity index (χ1) is 7.54. The Morgan fingerprint density at radius 3 is 2.94 bits per heavy atom. The van der Waals surface area contributed by atoms with Crippen molar-refractivity contribution in [3.8, 4) is 5.75 Å². The number of hydrogen-bond donors (Lipinski definition) is 3. The molecule has 0 heterocycles. The van der Waals surface area contributed by atoms with Crippen molar-refractivity contribution in [1.82, 2.24) is 5.32 Å². The van der Waals surface area contributed by atoms with Crippen molar-refractivity contribution in [2.75, 3.05) is 6.54 Å². The van der Waals surface area contributed by atoms with Gasteiger partial charge in [0.15, 0.2) is 0 Å². The topological polar surface area (TPSA) is 75.3 Å². The van der Waals surface area contributed by atoms with Gasteiger partial charge in [-0.2, -0.15) is 0 Å². The zero-order valence-electron chi connectivity index (χ0n) is 9.03. The molecule has 0 fully saturated rings. The van der Waals surface area contributed by atoms with Gasteiger partial charge in [0.2, 0.25) is 0 Å². The lowest BCUT2D eigenvalue weighted by molar-refractivity contribution is 0.0938. The highest BCUT2D eigenvalue weighted by Gasteiger charge is 2.13. The summed E-state index contributed by atoms with van der Waals surface area (Å²) in [5.74, 6) is -0.289. The van der Waals surface area contributed by atoms with E-state index in [2.05, 4.69) is 5.32 Å². The normalized spacial score (nSPS) is 12.2. The van der Waals surface area contributed by atoms with E-state index in [-0.39, 0.29) is 23.3 Å². The molecule has 0 aliphatic carbocycles. The molecule has 88 valence electrons. The van der Waals surface area contributed by atoms with Crippen LogP contribution in [0.25, 0.3) is 0 Å². The summed E-state index contributed by atoms with van der Waals surface area (Å²) in [6.07, 6.45) is 0.697. The number of halogens is 1. The predicted molar refractivity (Wildman–Crippen MR) is 63.7 cm³/mol. The van der Waals surface area contributed by atoms with Gasteiger partial charge in [-0.3, -0.25) is 4.79 Å². The van der Waals surface area contributed by atoms with Crippen molar-refractivity contribution in [2.45, 2.75) is 19.4 Å². The van der Waals surface area contributed by atoms with E-state index in [1.165, 1.54) is 18.2 Å². The van der Waals surface area contributed by atoms with E-state index in [9.17, 15) is 9.90 Å². The van der Waals surface area contributed by atoms with E-state index in [0.29, 0.717) is 18.0 Å². The van der Waals surface area contributed by atoms with Crippen LogP contribution in [0.5, 0.6) is 5.75 Å². The summed E-state index contributed by atoms with van der Waals surface area (Å²) in [4.78, 5) is 11.8. The molecule has 1 rings (SSSR count). The molecule has 1 aromatic carbocycles. The van der Waals surface area contributed by atoms with Crippen LogP contribution in [0, 0.1) is 0 Å². The van der Waals surface area contributed by atoms with Gasteiger partial charge in [0.1, 0.15) is 5.75 Å². The van der Waals surface area contributed by atoms with E-state index in [1.54, 1.807) is 0 Å². The maximum absolute atomic E-state index is 11.8. The first kappa shape index (κ1) is 12.8. The Bertz CT molecular complexity index is 382. The lowest BCUT2D eigenvalue weighted by Gasteiger charge is -2.13. The van der Waals surface area contributed by atoms with Crippen molar-refractivity contribution in [2.24, 2.45) is 5.73 Å². The van der Waals surface area contributed by atoms with Gasteiger partial charge in [0, 0.05) is 6.04 Å². The van der Waals surface area contributed by atoms with Crippen LogP contribution in [0.3, 0.4) is 0 Å². The highest BCUT2D eigenvalue weighted by atomic mass is 35.5. The summed E-state index contributed by atoms with van der Waals surface area (Å²) in [6, 6.07) is 4.24. The van der Waals surface area contributed by atoms with E-state index >= 15 is 0 Å². The SMILES string of the molecule is CC(CCN)NC(=O)c1cc(O)ccc1Cl. The minimum absolute atomic E-state index is 0.0148. The van der Waals surface area contributed by atoms with Crippen LogP contribution in [-0.2, 0) is 0 Å². The van der Waals surface area contributed by atoms with E-state index in [4.69, 9.17) is 17.3 Å². The highest BCUT2D eigenvalue weighted by Crippen LogP contribution is 2.21. The maximum atomic E-state index is 11.8. The maximum Gasteiger partial charge on any atom is 0.253 e. The number of hydrogen-bond acceptors (Lipinski definition) is 3. The average Bonchev–Trinajstić information content (AvgIpc) is 2.21. The lowest BCUT2D eigenvalue weighted by atomic mass is 10.1. The fraction of sp³-hybridized carbons (Fsp3) is 0.364. The van der Waals surface area contributed by atoms with Crippen LogP contribution >= 0.6 is 11.6 Å². The second kappa shape index (κ2) is 5.72. The standard InChI is InChI=1S/C11H15ClN2O2/c1-7(4-5-13)14-11(16)9-6-8(15)2-3-10(9)12/h2-3,6-7,15H,4-5,13H2,1H3,(H,14,16). The van der Waals surface area contributed by atoms with Crippen LogP contribution in [-0.4, -0.2) is 23.6 Å². The fourth-order valence-electron chi connectivity index (χ4n) is 1.31. The fourth-order valence-corrected chi connectivity index (χ4v) is 1.51. The van der Waals surface area contributed by atoms with Crippen LogP contribution in [0.15, 0.2) is 18.2 Å². The number of phenolic OH excluding ortho intramolecular Hbond substituents is 1. The number of aromatic hydroxyl groups is 1. The number of benzene rings is 1. The summed E-state index contributed by atoms with van der Waals surface area (Å²) < 4.78 is 0. The summed E-state index contributed by atoms with van der Waals surface area (Å²) >= 11 is 5.85. The zero-order chi connectivity index (χ0) is 12.1. The van der Waals surface area contributed by atoms with Crippen molar-refractivity contribution in [3.05, 3.63) is 28.8 Å². The molecule has 1 amide bonds. The smallest absolute Gasteiger partial charge is 0.253 e. The van der Waals surface area contributed by atoms with Crippen molar-refractivity contribution in [3.63, 3.8) is 0 Å². The van der Waals surface area contributed by atoms with E-state index in [1.807, 2.05) is 6.92 Å². The molecule has 1 aromatic rings. The summed E-state index contributed by atoms with van der Waals surface area (Å²) in [6.45, 7) is 2.37. The molecule has 0 saturated carbocycles. The van der Waals surface area contributed by atoms with E-state index < -0.39 is 0 Å². The molecule has 0 bridgehead atoms. The number of carbonyl (C=O) groups excluding carboxylic acids is 1. The minimum Gasteiger partial charge on any atom is -0.508 e. The zero-order valence-corrected chi connectivity index (χ0v) is 9.79. The predicted octanol–water partition coefficient (Wildman–Crippen LogP) is 1.51. The van der Waals surface area contributed by atoms with Crippen LogP contribution in [0.4, 0.5) is 0 Å². The molecule has 0 aromatic heterocycles. The number of amides is 1. The van der Waals surface area contributed by atoms with E-state index in [0.717, 1.165) is 0 Å². The van der Waals surface area contributed by atoms with Crippen molar-refractivity contribution in [1.29, 1.82) is 0 Å². The quantitative estimate of drug-likeness (QED) is 0.749. The average molecular weight is 243 g/mol. The molecule has 0 radical (unpaired) electrons. The highest BCUT2D eigenvalue weighted by molar-refractivity contribution is 6.33. The Hall–Kier alpha value is -1.26. The van der Waals surface area contributed by atoms with Gasteiger partial charge in [-0.25, -0.2) is 0 Å². The second-order valence-corrected chi connectivity index (χ2v) is 4.02. The number of rotatable bonds is 4. The first-order valence-corrected chi connectivity index (χ1v) is 5.42. The molecule has 4 nitrogen and oxygen atoms in total. The summed E-state index contributed by atoms with van der Waals surface area (Å²) in [5.41, 5.74) is 5.65. The lowest BCUT2D eigenvalue weighted by Crippen LogP contribution is -2.34. The minimum atomic E-state index is -0.304. The molecular weight excluding hydrogens is 228 g/mol. The largest absolute Gasteiger partial charge is 0.508 e. The van der Waals surface area contributed by atoms with Gasteiger partial charge in [0.05, 0.1) is 10.6 Å². The number of carbonyl (C=O) groups is 1. The molecule has 1 atom stereocenters. The van der Waals surface area contributed by atoms with Gasteiger partial charge < -0.3 is 16.2 Å². The Kier molecular flexibility index (Phi) is 4.58. The van der Waals surface area contributed by atoms with Gasteiger partial charge in [-0.05, 0) is 38.1 Å². The molecule has 5 heteroatoms. The second-order valence-electron chi connectivity index (χ2n) is 3.62. The number of nitrogens with two attached hydrogens (primary N) is 1. The molecule has 4 N–H and O–H groups in total. The van der Waals surface area contributed by atoms with Crippen LogP contribution in [0.2, 0.25) is 5.02 Å². The number of nitrogens with one attached hydrogen (secondary N) is 1. The monoisotopic (exact) mass is 242 g/mol. The van der Waals surface area contributed by atoms with Gasteiger partial charge in [-0.1, -0.05) is 11.6 Å². The first-order valence-electron chi connectivity index (χ1n) is 5.04. The van der Waals surface area contributed by atoms with Crippen LogP contribution in [0.1, 0.15) is 23.7 Å². The number of phenols is 1. The van der Waals surface area contributed by atoms with Crippen molar-refractivity contribution < 1.29 is 9.90 Å². The third-order valence-electron chi connectivity index (χ3n) is 2.17. The molecule has 0 aliphatic rings. The molecule has 16 heavy (non-hydrogen) atoms. The molecule has 0 aliphatic heterocycles. The Balaban J connectivity index is 2.76. The molecule has 1 unspecified atom stereocenters. The third kappa shape index (κ3) is 3.40. The molecular formula is C11H15ClN2O2. The van der Waals surface area contributed by atoms with Gasteiger partial charge in [0.25, 0.3) is 5.91 Å². The molecule has 0 saturated heterocycles. The molecule has 0 spiro atoms. The van der Waals surface area contributed by atoms with Crippen LogP contribution < -0.4 is 11.1 Å². The Morgan fingerprint density at radius 1 is 1.62 bits per heavy atom.